The normalized spacial score (nSPS) is 10.8. The maximum absolute atomic E-state index is 12.5. The molecule has 5 nitrogen and oxygen atoms in total. The van der Waals surface area contributed by atoms with Crippen LogP contribution >= 0.6 is 11.6 Å². The van der Waals surface area contributed by atoms with Crippen molar-refractivity contribution in [1.29, 1.82) is 0 Å². The second kappa shape index (κ2) is 6.18. The summed E-state index contributed by atoms with van der Waals surface area (Å²) in [5.74, 6) is -1.33. The summed E-state index contributed by atoms with van der Waals surface area (Å²) in [5.41, 5.74) is 1.12. The number of hydrogen-bond acceptors (Lipinski definition) is 3. The maximum Gasteiger partial charge on any atom is 0.323 e. The Morgan fingerprint density at radius 2 is 2.10 bits per heavy atom. The van der Waals surface area contributed by atoms with Crippen molar-refractivity contribution in [3.05, 3.63) is 34.5 Å². The van der Waals surface area contributed by atoms with Crippen molar-refractivity contribution in [2.24, 2.45) is 0 Å². The van der Waals surface area contributed by atoms with Gasteiger partial charge in [-0.15, -0.1) is 0 Å². The van der Waals surface area contributed by atoms with Crippen LogP contribution < -0.4 is 0 Å². The van der Waals surface area contributed by atoms with Gasteiger partial charge in [0.1, 0.15) is 6.54 Å². The molecule has 21 heavy (non-hydrogen) atoms. The van der Waals surface area contributed by atoms with E-state index in [2.05, 4.69) is 0 Å². The van der Waals surface area contributed by atoms with E-state index >= 15 is 0 Å². The van der Waals surface area contributed by atoms with E-state index in [1.165, 1.54) is 4.90 Å². The van der Waals surface area contributed by atoms with Gasteiger partial charge in [0, 0.05) is 17.5 Å². The molecule has 1 aromatic carbocycles. The van der Waals surface area contributed by atoms with E-state index in [9.17, 15) is 9.59 Å². The highest BCUT2D eigenvalue weighted by atomic mass is 35.5. The van der Waals surface area contributed by atoms with Crippen LogP contribution in [0.3, 0.4) is 0 Å². The van der Waals surface area contributed by atoms with Crippen molar-refractivity contribution in [3.63, 3.8) is 0 Å². The Kier molecular flexibility index (Phi) is 4.53. The number of benzene rings is 1. The lowest BCUT2D eigenvalue weighted by molar-refractivity contribution is -0.137. The number of aliphatic carboxylic acids is 1. The summed E-state index contributed by atoms with van der Waals surface area (Å²) in [6.07, 6.45) is 0.666. The number of nitrogens with zero attached hydrogens (tertiary/aromatic N) is 1. The molecule has 0 bridgehead atoms. The third kappa shape index (κ3) is 3.03. The van der Waals surface area contributed by atoms with E-state index in [4.69, 9.17) is 21.1 Å². The van der Waals surface area contributed by atoms with Crippen LogP contribution in [0.4, 0.5) is 0 Å². The molecule has 0 aliphatic rings. The molecule has 1 N–H and O–H groups in total. The summed E-state index contributed by atoms with van der Waals surface area (Å²) < 4.78 is 5.58. The summed E-state index contributed by atoms with van der Waals surface area (Å²) in [7, 11) is 0. The minimum Gasteiger partial charge on any atom is -0.480 e. The number of carboxylic acids is 1. The zero-order chi connectivity index (χ0) is 15.6. The topological polar surface area (TPSA) is 70.8 Å². The van der Waals surface area contributed by atoms with Gasteiger partial charge in [-0.25, -0.2) is 0 Å². The van der Waals surface area contributed by atoms with E-state index < -0.39 is 11.9 Å². The molecule has 0 aliphatic heterocycles. The Balaban J connectivity index is 2.44. The molecule has 1 amide bonds. The minimum absolute atomic E-state index is 0.146. The number of aryl methyl sites for hydroxylation is 1. The molecule has 2 aromatic rings. The predicted molar refractivity (Wildman–Crippen MR) is 79.8 cm³/mol. The Hall–Kier alpha value is -2.01. The largest absolute Gasteiger partial charge is 0.480 e. The van der Waals surface area contributed by atoms with Gasteiger partial charge in [0.05, 0.1) is 5.02 Å². The Morgan fingerprint density at radius 3 is 2.67 bits per heavy atom. The first-order chi connectivity index (χ1) is 9.95. The molecule has 0 atom stereocenters. The quantitative estimate of drug-likeness (QED) is 0.919. The molecule has 0 unspecified atom stereocenters. The fraction of sp³-hybridized carbons (Fsp3) is 0.333. The van der Waals surface area contributed by atoms with Gasteiger partial charge in [0.15, 0.2) is 11.3 Å². The molecule has 0 fully saturated rings. The van der Waals surface area contributed by atoms with E-state index in [1.807, 2.05) is 13.0 Å². The standard InChI is InChI=1S/C15H16ClNO4/c1-3-7-17(8-12(18)19)15(20)13-9(2)10-5-4-6-11(16)14(10)21-13/h4-6H,3,7-8H2,1-2H3,(H,18,19). The number of fused-ring (bicyclic) bond motifs is 1. The number of carbonyl (C=O) groups is 2. The first-order valence-electron chi connectivity index (χ1n) is 6.64. The van der Waals surface area contributed by atoms with Crippen LogP contribution in [0.25, 0.3) is 11.0 Å². The van der Waals surface area contributed by atoms with Crippen LogP contribution in [0.2, 0.25) is 5.02 Å². The summed E-state index contributed by atoms with van der Waals surface area (Å²) >= 11 is 6.06. The highest BCUT2D eigenvalue weighted by molar-refractivity contribution is 6.35. The summed E-state index contributed by atoms with van der Waals surface area (Å²) in [4.78, 5) is 24.6. The zero-order valence-electron chi connectivity index (χ0n) is 11.9. The molecule has 2 rings (SSSR count). The lowest BCUT2D eigenvalue weighted by Gasteiger charge is -2.18. The predicted octanol–water partition coefficient (Wildman–Crippen LogP) is 3.33. The van der Waals surface area contributed by atoms with Crippen LogP contribution in [-0.2, 0) is 4.79 Å². The number of carboxylic acid groups (broad SMARTS) is 1. The summed E-state index contributed by atoms with van der Waals surface area (Å²) in [6.45, 7) is 3.65. The highest BCUT2D eigenvalue weighted by Gasteiger charge is 2.24. The van der Waals surface area contributed by atoms with Gasteiger partial charge >= 0.3 is 5.97 Å². The molecule has 0 saturated carbocycles. The van der Waals surface area contributed by atoms with Crippen molar-refractivity contribution in [2.45, 2.75) is 20.3 Å². The lowest BCUT2D eigenvalue weighted by Crippen LogP contribution is -2.36. The third-order valence-corrected chi connectivity index (χ3v) is 3.51. The van der Waals surface area contributed by atoms with Gasteiger partial charge in [-0.1, -0.05) is 30.7 Å². The molecule has 1 heterocycles. The number of para-hydroxylation sites is 1. The average Bonchev–Trinajstić information content (AvgIpc) is 2.76. The van der Waals surface area contributed by atoms with Crippen molar-refractivity contribution in [3.8, 4) is 0 Å². The number of carbonyl (C=O) groups excluding carboxylic acids is 1. The van der Waals surface area contributed by atoms with E-state index in [-0.39, 0.29) is 12.3 Å². The van der Waals surface area contributed by atoms with Gasteiger partial charge in [-0.3, -0.25) is 9.59 Å². The SMILES string of the molecule is CCCN(CC(=O)O)C(=O)c1oc2c(Cl)cccc2c1C. The fourth-order valence-corrected chi connectivity index (χ4v) is 2.46. The third-order valence-electron chi connectivity index (χ3n) is 3.22. The molecular formula is C15H16ClNO4. The number of halogens is 1. The van der Waals surface area contributed by atoms with Gasteiger partial charge < -0.3 is 14.4 Å². The smallest absolute Gasteiger partial charge is 0.323 e. The Morgan fingerprint density at radius 1 is 1.38 bits per heavy atom. The first-order valence-corrected chi connectivity index (χ1v) is 7.02. The Bertz CT molecular complexity index is 692. The van der Waals surface area contributed by atoms with Gasteiger partial charge in [0.2, 0.25) is 0 Å². The molecule has 1 aromatic heterocycles. The van der Waals surface area contributed by atoms with Crippen LogP contribution in [0.15, 0.2) is 22.6 Å². The van der Waals surface area contributed by atoms with E-state index in [0.29, 0.717) is 29.1 Å². The molecule has 6 heteroatoms. The maximum atomic E-state index is 12.5. The van der Waals surface area contributed by atoms with Gasteiger partial charge in [-0.2, -0.15) is 0 Å². The van der Waals surface area contributed by atoms with Crippen LogP contribution in [0.5, 0.6) is 0 Å². The van der Waals surface area contributed by atoms with E-state index in [0.717, 1.165) is 5.39 Å². The second-order valence-corrected chi connectivity index (χ2v) is 5.20. The monoisotopic (exact) mass is 309 g/mol. The molecule has 112 valence electrons. The van der Waals surface area contributed by atoms with Crippen LogP contribution in [-0.4, -0.2) is 35.0 Å². The van der Waals surface area contributed by atoms with Crippen LogP contribution in [0.1, 0.15) is 29.5 Å². The number of rotatable bonds is 5. The zero-order valence-corrected chi connectivity index (χ0v) is 12.6. The Labute approximate surface area is 127 Å². The van der Waals surface area contributed by atoms with Crippen molar-refractivity contribution in [2.75, 3.05) is 13.1 Å². The number of amides is 1. The number of furan rings is 1. The average molecular weight is 310 g/mol. The van der Waals surface area contributed by atoms with Crippen LogP contribution in [0, 0.1) is 6.92 Å². The summed E-state index contributed by atoms with van der Waals surface area (Å²) in [5, 5.41) is 10.1. The van der Waals surface area contributed by atoms with Gasteiger partial charge in [0.25, 0.3) is 5.91 Å². The molecule has 0 aliphatic carbocycles. The molecule has 0 spiro atoms. The fourth-order valence-electron chi connectivity index (χ4n) is 2.24. The van der Waals surface area contributed by atoms with E-state index in [1.54, 1.807) is 19.1 Å². The molecular weight excluding hydrogens is 294 g/mol. The summed E-state index contributed by atoms with van der Waals surface area (Å²) in [6, 6.07) is 5.28. The van der Waals surface area contributed by atoms with Crippen molar-refractivity contribution in [1.82, 2.24) is 4.90 Å². The second-order valence-electron chi connectivity index (χ2n) is 4.79. The van der Waals surface area contributed by atoms with Crippen molar-refractivity contribution < 1.29 is 19.1 Å². The van der Waals surface area contributed by atoms with Gasteiger partial charge in [-0.05, 0) is 19.4 Å². The highest BCUT2D eigenvalue weighted by Crippen LogP contribution is 2.31. The minimum atomic E-state index is -1.05. The molecule has 0 radical (unpaired) electrons. The number of hydrogen-bond donors (Lipinski definition) is 1. The van der Waals surface area contributed by atoms with Crippen molar-refractivity contribution >= 4 is 34.4 Å². The molecule has 0 saturated heterocycles. The first kappa shape index (κ1) is 15.4. The lowest BCUT2D eigenvalue weighted by atomic mass is 10.1.